The van der Waals surface area contributed by atoms with Gasteiger partial charge in [0.2, 0.25) is 0 Å². The second kappa shape index (κ2) is 4.09. The maximum absolute atomic E-state index is 8.77. The van der Waals surface area contributed by atoms with Crippen LogP contribution in [0, 0.1) is 11.3 Å². The van der Waals surface area contributed by atoms with Crippen LogP contribution in [0.4, 0.5) is 0 Å². The smallest absolute Gasteiger partial charge is 0.160 e. The van der Waals surface area contributed by atoms with Crippen molar-refractivity contribution in [3.8, 4) is 17.5 Å². The van der Waals surface area contributed by atoms with E-state index in [9.17, 15) is 0 Å². The number of imidazole rings is 1. The van der Waals surface area contributed by atoms with E-state index in [0.29, 0.717) is 5.82 Å². The molecule has 0 unspecified atom stereocenters. The van der Waals surface area contributed by atoms with Crippen molar-refractivity contribution >= 4 is 22.6 Å². The summed E-state index contributed by atoms with van der Waals surface area (Å²) in [6.07, 6.45) is 3.04. The highest BCUT2D eigenvalue weighted by Gasteiger charge is 2.07. The normalized spacial score (nSPS) is 10.4. The zero-order chi connectivity index (χ0) is 12.5. The molecule has 0 amide bonds. The predicted octanol–water partition coefficient (Wildman–Crippen LogP) is 2.54. The molecule has 1 N–H and O–H groups in total. The number of aromatic amines is 1. The fraction of sp³-hybridized carbons (Fsp3) is 0. The summed E-state index contributed by atoms with van der Waals surface area (Å²) in [4.78, 5) is 15.4. The average molecular weight is 256 g/mol. The Kier molecular flexibility index (Phi) is 2.43. The molecule has 3 rings (SSSR count). The van der Waals surface area contributed by atoms with Crippen LogP contribution in [-0.2, 0) is 0 Å². The number of nitriles is 1. The minimum atomic E-state index is 0.159. The van der Waals surface area contributed by atoms with Crippen LogP contribution in [0.3, 0.4) is 0 Å². The molecule has 86 valence electrons. The largest absolute Gasteiger partial charge is 0.345 e. The van der Waals surface area contributed by atoms with Gasteiger partial charge in [0, 0.05) is 5.56 Å². The molecular formula is C12H6ClN5. The van der Waals surface area contributed by atoms with E-state index in [0.717, 1.165) is 16.6 Å². The number of aromatic nitrogens is 4. The van der Waals surface area contributed by atoms with E-state index >= 15 is 0 Å². The Bertz CT molecular complexity index is 771. The van der Waals surface area contributed by atoms with Crippen molar-refractivity contribution < 1.29 is 0 Å². The molecule has 18 heavy (non-hydrogen) atoms. The number of H-pyrrole nitrogens is 1. The van der Waals surface area contributed by atoms with Crippen LogP contribution in [0.15, 0.2) is 30.7 Å². The summed E-state index contributed by atoms with van der Waals surface area (Å²) in [5.74, 6) is 0.482. The minimum absolute atomic E-state index is 0.159. The van der Waals surface area contributed by atoms with E-state index in [1.807, 2.05) is 24.3 Å². The predicted molar refractivity (Wildman–Crippen MR) is 66.8 cm³/mol. The summed E-state index contributed by atoms with van der Waals surface area (Å²) in [6.45, 7) is 0. The van der Waals surface area contributed by atoms with Gasteiger partial charge in [0.1, 0.15) is 11.6 Å². The van der Waals surface area contributed by atoms with E-state index in [1.165, 1.54) is 6.20 Å². The summed E-state index contributed by atoms with van der Waals surface area (Å²) < 4.78 is 0. The first kappa shape index (κ1) is 10.7. The summed E-state index contributed by atoms with van der Waals surface area (Å²) in [7, 11) is 0. The topological polar surface area (TPSA) is 78.2 Å². The van der Waals surface area contributed by atoms with Crippen molar-refractivity contribution in [1.29, 1.82) is 5.26 Å². The van der Waals surface area contributed by atoms with Gasteiger partial charge in [-0.15, -0.1) is 0 Å². The van der Waals surface area contributed by atoms with Gasteiger partial charge in [-0.2, -0.15) is 5.26 Å². The van der Waals surface area contributed by atoms with Crippen LogP contribution in [-0.4, -0.2) is 19.9 Å². The Balaban J connectivity index is 2.14. The summed E-state index contributed by atoms with van der Waals surface area (Å²) >= 11 is 5.88. The third-order valence-electron chi connectivity index (χ3n) is 2.54. The monoisotopic (exact) mass is 255 g/mol. The van der Waals surface area contributed by atoms with E-state index in [2.05, 4.69) is 19.9 Å². The maximum atomic E-state index is 8.77. The first-order valence-corrected chi connectivity index (χ1v) is 5.52. The van der Waals surface area contributed by atoms with Gasteiger partial charge in [0.15, 0.2) is 11.0 Å². The fourth-order valence-electron chi connectivity index (χ4n) is 1.65. The average Bonchev–Trinajstić information content (AvgIpc) is 2.85. The number of hydrogen-bond acceptors (Lipinski definition) is 4. The van der Waals surface area contributed by atoms with Crippen LogP contribution in [0.5, 0.6) is 0 Å². The molecule has 0 saturated carbocycles. The Labute approximate surface area is 107 Å². The van der Waals surface area contributed by atoms with E-state index in [-0.39, 0.29) is 10.7 Å². The number of rotatable bonds is 1. The molecule has 0 atom stereocenters. The molecule has 1 aromatic carbocycles. The number of fused-ring (bicyclic) bond motifs is 1. The maximum Gasteiger partial charge on any atom is 0.160 e. The standard InChI is InChI=1S/C12H6ClN5/c13-11-8(4-14)5-15-12(18-11)7-1-2-9-10(3-7)17-6-16-9/h1-3,5-6H,(H,16,17). The van der Waals surface area contributed by atoms with Gasteiger partial charge >= 0.3 is 0 Å². The molecular weight excluding hydrogens is 250 g/mol. The molecule has 0 saturated heterocycles. The van der Waals surface area contributed by atoms with Crippen LogP contribution in [0.2, 0.25) is 5.15 Å². The van der Waals surface area contributed by atoms with Crippen molar-refractivity contribution in [2.75, 3.05) is 0 Å². The summed E-state index contributed by atoms with van der Waals surface area (Å²) in [5, 5.41) is 8.93. The quantitative estimate of drug-likeness (QED) is 0.678. The number of benzene rings is 1. The Morgan fingerprint density at radius 3 is 2.94 bits per heavy atom. The Morgan fingerprint density at radius 2 is 2.17 bits per heavy atom. The van der Waals surface area contributed by atoms with Crippen molar-refractivity contribution in [2.45, 2.75) is 0 Å². The lowest BCUT2D eigenvalue weighted by Gasteiger charge is -2.01. The van der Waals surface area contributed by atoms with Crippen molar-refractivity contribution in [3.63, 3.8) is 0 Å². The second-order valence-corrected chi connectivity index (χ2v) is 4.00. The molecule has 0 aliphatic carbocycles. The number of nitrogens with one attached hydrogen (secondary N) is 1. The van der Waals surface area contributed by atoms with Gasteiger partial charge in [0.25, 0.3) is 0 Å². The van der Waals surface area contributed by atoms with Crippen LogP contribution in [0.1, 0.15) is 5.56 Å². The molecule has 0 aliphatic heterocycles. The number of halogens is 1. The Hall–Kier alpha value is -2.45. The molecule has 0 bridgehead atoms. The molecule has 6 heteroatoms. The highest BCUT2D eigenvalue weighted by molar-refractivity contribution is 6.30. The first-order valence-electron chi connectivity index (χ1n) is 5.14. The lowest BCUT2D eigenvalue weighted by molar-refractivity contribution is 1.16. The first-order chi connectivity index (χ1) is 8.78. The summed E-state index contributed by atoms with van der Waals surface area (Å²) in [5.41, 5.74) is 2.86. The molecule has 3 aromatic rings. The van der Waals surface area contributed by atoms with Crippen LogP contribution < -0.4 is 0 Å². The van der Waals surface area contributed by atoms with E-state index in [4.69, 9.17) is 16.9 Å². The third kappa shape index (κ3) is 1.69. The third-order valence-corrected chi connectivity index (χ3v) is 2.83. The van der Waals surface area contributed by atoms with Gasteiger partial charge in [-0.25, -0.2) is 15.0 Å². The molecule has 0 spiro atoms. The van der Waals surface area contributed by atoms with Gasteiger partial charge in [-0.05, 0) is 18.2 Å². The highest BCUT2D eigenvalue weighted by Crippen LogP contribution is 2.21. The van der Waals surface area contributed by atoms with Crippen LogP contribution in [0.25, 0.3) is 22.4 Å². The highest BCUT2D eigenvalue weighted by atomic mass is 35.5. The van der Waals surface area contributed by atoms with E-state index < -0.39 is 0 Å². The Morgan fingerprint density at radius 1 is 1.28 bits per heavy atom. The lowest BCUT2D eigenvalue weighted by atomic mass is 10.2. The molecule has 2 heterocycles. The lowest BCUT2D eigenvalue weighted by Crippen LogP contribution is -1.92. The second-order valence-electron chi connectivity index (χ2n) is 3.64. The minimum Gasteiger partial charge on any atom is -0.345 e. The van der Waals surface area contributed by atoms with Crippen molar-refractivity contribution in [1.82, 2.24) is 19.9 Å². The zero-order valence-electron chi connectivity index (χ0n) is 9.05. The van der Waals surface area contributed by atoms with Crippen molar-refractivity contribution in [2.24, 2.45) is 0 Å². The molecule has 0 aliphatic rings. The van der Waals surface area contributed by atoms with Gasteiger partial charge in [0.05, 0.1) is 23.6 Å². The molecule has 2 aromatic heterocycles. The molecule has 0 radical (unpaired) electrons. The van der Waals surface area contributed by atoms with Gasteiger partial charge in [-0.1, -0.05) is 11.6 Å². The SMILES string of the molecule is N#Cc1cnc(-c2ccc3nc[nH]c3c2)nc1Cl. The van der Waals surface area contributed by atoms with E-state index in [1.54, 1.807) is 6.33 Å². The molecule has 0 fully saturated rings. The zero-order valence-corrected chi connectivity index (χ0v) is 9.81. The summed E-state index contributed by atoms with van der Waals surface area (Å²) in [6, 6.07) is 7.55. The van der Waals surface area contributed by atoms with Crippen molar-refractivity contribution in [3.05, 3.63) is 41.4 Å². The van der Waals surface area contributed by atoms with Gasteiger partial charge in [-0.3, -0.25) is 0 Å². The van der Waals surface area contributed by atoms with Crippen LogP contribution >= 0.6 is 11.6 Å². The van der Waals surface area contributed by atoms with Gasteiger partial charge < -0.3 is 4.98 Å². The number of nitrogens with zero attached hydrogens (tertiary/aromatic N) is 4. The fourth-order valence-corrected chi connectivity index (χ4v) is 1.82. The number of hydrogen-bond donors (Lipinski definition) is 1. The molecule has 5 nitrogen and oxygen atoms in total.